The first-order valence-corrected chi connectivity index (χ1v) is 43.5. The molecule has 0 aliphatic rings. The molecule has 10 heteroatoms. The number of phosphoric ester groups is 1. The van der Waals surface area contributed by atoms with Gasteiger partial charge in [-0.2, -0.15) is 0 Å². The Hall–Kier alpha value is -4.37. The van der Waals surface area contributed by atoms with E-state index in [9.17, 15) is 19.0 Å². The van der Waals surface area contributed by atoms with Crippen LogP contribution in [0.2, 0.25) is 0 Å². The van der Waals surface area contributed by atoms with E-state index < -0.39 is 26.5 Å². The molecule has 578 valence electrons. The Morgan fingerprint density at radius 2 is 0.515 bits per heavy atom. The number of ether oxygens (including phenoxy) is 2. The standard InChI is InChI=1S/C91H156NO8P/c1-3-5-7-9-11-13-15-17-19-21-23-25-27-29-31-33-35-37-39-41-43-44-46-47-49-51-53-55-57-59-61-63-65-67-69-71-73-75-77-79-81-83-90(93)97-87-89(88-99-101(95,96)98-86-85-92)100-91(94)84-82-80-78-76-74-72-70-68-66-64-62-60-58-56-54-52-50-48-45-42-40-38-36-34-32-30-28-26-24-22-20-18-16-14-12-10-8-6-4-2/h5-8,11-14,17-20,23-26,29-32,35-38,42,45,89H,3-4,9-10,15-16,21-22,27-28,33-34,39-41,43-44,46-88,92H2,1-2H3,(H,95,96)/b7-5-,8-6-,13-11-,14-12-,19-17-,20-18-,25-23-,26-24-,31-29-,32-30-,37-35-,38-36-,45-42-. The smallest absolute Gasteiger partial charge is 0.462 e. The minimum atomic E-state index is -4.40. The normalized spacial score (nSPS) is 13.7. The monoisotopic (exact) mass is 1420 g/mol. The van der Waals surface area contributed by atoms with Crippen molar-refractivity contribution in [3.05, 3.63) is 158 Å². The number of rotatable bonds is 78. The minimum absolute atomic E-state index is 0.0506. The second-order valence-electron chi connectivity index (χ2n) is 27.6. The Morgan fingerprint density at radius 3 is 0.762 bits per heavy atom. The predicted octanol–water partition coefficient (Wildman–Crippen LogP) is 28.6. The lowest BCUT2D eigenvalue weighted by Gasteiger charge is -2.19. The van der Waals surface area contributed by atoms with Gasteiger partial charge in [-0.25, -0.2) is 4.57 Å². The quantitative estimate of drug-likeness (QED) is 0.0264. The van der Waals surface area contributed by atoms with Crippen LogP contribution >= 0.6 is 7.82 Å². The van der Waals surface area contributed by atoms with Gasteiger partial charge >= 0.3 is 19.8 Å². The summed E-state index contributed by atoms with van der Waals surface area (Å²) in [6.45, 7) is 3.55. The van der Waals surface area contributed by atoms with E-state index in [-0.39, 0.29) is 38.6 Å². The van der Waals surface area contributed by atoms with Gasteiger partial charge in [0.05, 0.1) is 13.2 Å². The second-order valence-corrected chi connectivity index (χ2v) is 29.0. The summed E-state index contributed by atoms with van der Waals surface area (Å²) in [5.41, 5.74) is 5.42. The maximum Gasteiger partial charge on any atom is 0.472 e. The van der Waals surface area contributed by atoms with Gasteiger partial charge in [-0.15, -0.1) is 0 Å². The van der Waals surface area contributed by atoms with Gasteiger partial charge in [-0.3, -0.25) is 18.6 Å². The maximum absolute atomic E-state index is 12.8. The van der Waals surface area contributed by atoms with Crippen LogP contribution in [0.15, 0.2) is 158 Å². The van der Waals surface area contributed by atoms with E-state index in [4.69, 9.17) is 24.3 Å². The molecule has 0 spiro atoms. The first-order chi connectivity index (χ1) is 49.8. The van der Waals surface area contributed by atoms with E-state index in [2.05, 4.69) is 172 Å². The third kappa shape index (κ3) is 84.5. The Labute approximate surface area is 623 Å². The maximum atomic E-state index is 12.8. The van der Waals surface area contributed by atoms with E-state index in [0.717, 1.165) is 122 Å². The zero-order valence-electron chi connectivity index (χ0n) is 65.3. The fraction of sp³-hybridized carbons (Fsp3) is 0.692. The van der Waals surface area contributed by atoms with Gasteiger partial charge in [-0.1, -0.05) is 397 Å². The van der Waals surface area contributed by atoms with Gasteiger partial charge in [0.1, 0.15) is 6.61 Å². The van der Waals surface area contributed by atoms with Gasteiger partial charge in [0, 0.05) is 19.4 Å². The van der Waals surface area contributed by atoms with Crippen molar-refractivity contribution in [1.29, 1.82) is 0 Å². The highest BCUT2D eigenvalue weighted by Crippen LogP contribution is 2.43. The molecule has 2 atom stereocenters. The average Bonchev–Trinajstić information content (AvgIpc) is 1.01. The van der Waals surface area contributed by atoms with Crippen LogP contribution in [0.5, 0.6) is 0 Å². The van der Waals surface area contributed by atoms with Crippen LogP contribution in [0.3, 0.4) is 0 Å². The van der Waals surface area contributed by atoms with Crippen LogP contribution in [0.25, 0.3) is 0 Å². The lowest BCUT2D eigenvalue weighted by molar-refractivity contribution is -0.161. The molecule has 0 saturated carbocycles. The number of allylic oxidation sites excluding steroid dienone is 26. The number of hydrogen-bond donors (Lipinski definition) is 2. The van der Waals surface area contributed by atoms with Crippen molar-refractivity contribution in [2.45, 2.75) is 380 Å². The largest absolute Gasteiger partial charge is 0.472 e. The van der Waals surface area contributed by atoms with Crippen LogP contribution in [-0.4, -0.2) is 49.3 Å². The summed E-state index contributed by atoms with van der Waals surface area (Å²) in [6, 6.07) is 0. The van der Waals surface area contributed by atoms with Crippen LogP contribution in [0, 0.1) is 0 Å². The zero-order valence-corrected chi connectivity index (χ0v) is 66.2. The summed E-state index contributed by atoms with van der Waals surface area (Å²) in [5.74, 6) is -0.816. The molecule has 2 unspecified atom stereocenters. The third-order valence-corrected chi connectivity index (χ3v) is 18.9. The zero-order chi connectivity index (χ0) is 72.9. The Bertz CT molecular complexity index is 2230. The van der Waals surface area contributed by atoms with Crippen molar-refractivity contribution in [2.75, 3.05) is 26.4 Å². The number of hydrogen-bond acceptors (Lipinski definition) is 8. The molecule has 9 nitrogen and oxygen atoms in total. The van der Waals surface area contributed by atoms with Gasteiger partial charge in [-0.05, 0) is 122 Å². The van der Waals surface area contributed by atoms with Crippen molar-refractivity contribution in [3.63, 3.8) is 0 Å². The van der Waals surface area contributed by atoms with Gasteiger partial charge < -0.3 is 20.1 Å². The summed E-state index contributed by atoms with van der Waals surface area (Å²) in [5, 5.41) is 0. The molecule has 0 saturated heterocycles. The Kier molecular flexibility index (Phi) is 80.9. The molecule has 0 radical (unpaired) electrons. The van der Waals surface area contributed by atoms with Gasteiger partial charge in [0.25, 0.3) is 0 Å². The fourth-order valence-corrected chi connectivity index (χ4v) is 12.6. The van der Waals surface area contributed by atoms with Crippen molar-refractivity contribution >= 4 is 19.8 Å². The van der Waals surface area contributed by atoms with Gasteiger partial charge in [0.2, 0.25) is 0 Å². The third-order valence-electron chi connectivity index (χ3n) is 17.9. The molecule has 0 aliphatic heterocycles. The molecule has 0 aromatic heterocycles. The number of phosphoric acid groups is 1. The van der Waals surface area contributed by atoms with Crippen molar-refractivity contribution in [3.8, 4) is 0 Å². The SMILES string of the molecule is CC/C=C\C/C=C\C/C=C\C/C=C\C/C=C\C/C=C\C/C=C\CCCCCCCCCCCCCCCCCCCC(=O)OC(COC(=O)CCCCCCCCCCCCCCCCCCCCCCCC/C=C\C/C=C\C/C=C\C/C=C\C/C=C\C/C=C\CC)COP(=O)(O)OCCN. The average molecular weight is 1420 g/mol. The van der Waals surface area contributed by atoms with Crippen LogP contribution in [0.4, 0.5) is 0 Å². The van der Waals surface area contributed by atoms with E-state index in [1.54, 1.807) is 0 Å². The first kappa shape index (κ1) is 96.6. The molecule has 0 aromatic rings. The summed E-state index contributed by atoms with van der Waals surface area (Å²) < 4.78 is 33.3. The van der Waals surface area contributed by atoms with Crippen LogP contribution in [0.1, 0.15) is 373 Å². The van der Waals surface area contributed by atoms with Crippen LogP contribution in [-0.2, 0) is 32.7 Å². The van der Waals surface area contributed by atoms with Crippen molar-refractivity contribution in [1.82, 2.24) is 0 Å². The predicted molar refractivity (Wildman–Crippen MR) is 440 cm³/mol. The Morgan fingerprint density at radius 1 is 0.297 bits per heavy atom. The molecule has 3 N–H and O–H groups in total. The highest BCUT2D eigenvalue weighted by Gasteiger charge is 2.26. The molecule has 0 aromatic carbocycles. The number of carbonyl (C=O) groups is 2. The molecule has 0 aliphatic carbocycles. The van der Waals surface area contributed by atoms with Crippen molar-refractivity contribution in [2.24, 2.45) is 5.73 Å². The molecule has 0 fully saturated rings. The molecule has 0 heterocycles. The number of carbonyl (C=O) groups excluding carboxylic acids is 2. The molecular weight excluding hydrogens is 1270 g/mol. The molecule has 101 heavy (non-hydrogen) atoms. The number of unbranched alkanes of at least 4 members (excludes halogenated alkanes) is 39. The summed E-state index contributed by atoms with van der Waals surface area (Å²) in [6.07, 6.45) is 124. The van der Waals surface area contributed by atoms with Crippen LogP contribution < -0.4 is 5.73 Å². The lowest BCUT2D eigenvalue weighted by atomic mass is 10.0. The molecule has 0 bridgehead atoms. The minimum Gasteiger partial charge on any atom is -0.462 e. The lowest BCUT2D eigenvalue weighted by Crippen LogP contribution is -2.29. The van der Waals surface area contributed by atoms with E-state index in [1.165, 1.54) is 218 Å². The Balaban J connectivity index is 3.79. The summed E-state index contributed by atoms with van der Waals surface area (Å²) in [4.78, 5) is 35.5. The number of esters is 2. The molecular formula is C91H156NO8P. The number of nitrogens with two attached hydrogens (primary N) is 1. The summed E-state index contributed by atoms with van der Waals surface area (Å²) in [7, 11) is -4.40. The van der Waals surface area contributed by atoms with Gasteiger partial charge in [0.15, 0.2) is 6.10 Å². The highest BCUT2D eigenvalue weighted by atomic mass is 31.2. The topological polar surface area (TPSA) is 134 Å². The van der Waals surface area contributed by atoms with E-state index in [1.807, 2.05) is 0 Å². The van der Waals surface area contributed by atoms with E-state index in [0.29, 0.717) is 6.42 Å². The summed E-state index contributed by atoms with van der Waals surface area (Å²) >= 11 is 0. The van der Waals surface area contributed by atoms with E-state index >= 15 is 0 Å². The highest BCUT2D eigenvalue weighted by molar-refractivity contribution is 7.47. The second kappa shape index (κ2) is 84.6. The molecule has 0 rings (SSSR count). The van der Waals surface area contributed by atoms with Crippen molar-refractivity contribution < 1.29 is 37.6 Å². The first-order valence-electron chi connectivity index (χ1n) is 42.0. The molecule has 0 amide bonds. The fourth-order valence-electron chi connectivity index (χ4n) is 11.8.